The molecule has 0 spiro atoms. The Labute approximate surface area is 179 Å². The van der Waals surface area contributed by atoms with Crippen molar-refractivity contribution in [3.63, 3.8) is 0 Å². The standard InChI is InChI=1S/C24H21FN2O4/c1-30-17-13-11-16(12-14-17)23-24(29)26(20-9-5-6-10-21(20)31-2)15-22(28)27(23)19-8-4-3-7-18(19)25/h3-14,23H,15H2,1-2H3/t23-/m1/s1. The van der Waals surface area contributed by atoms with Gasteiger partial charge in [0.1, 0.15) is 29.9 Å². The molecule has 1 atom stereocenters. The van der Waals surface area contributed by atoms with Gasteiger partial charge < -0.3 is 9.47 Å². The molecule has 1 aliphatic rings. The minimum absolute atomic E-state index is 0.0568. The zero-order valence-corrected chi connectivity index (χ0v) is 17.1. The van der Waals surface area contributed by atoms with Crippen LogP contribution in [0.1, 0.15) is 11.6 Å². The predicted molar refractivity (Wildman–Crippen MR) is 115 cm³/mol. The first kappa shape index (κ1) is 20.4. The molecule has 1 heterocycles. The Morgan fingerprint density at radius 2 is 1.48 bits per heavy atom. The largest absolute Gasteiger partial charge is 0.497 e. The molecule has 0 N–H and O–H groups in total. The van der Waals surface area contributed by atoms with Gasteiger partial charge >= 0.3 is 0 Å². The second kappa shape index (κ2) is 8.47. The molecule has 2 amide bonds. The molecule has 3 aromatic carbocycles. The summed E-state index contributed by atoms with van der Waals surface area (Å²) in [5.74, 6) is -0.268. The van der Waals surface area contributed by atoms with E-state index in [1.807, 2.05) is 0 Å². The highest BCUT2D eigenvalue weighted by Gasteiger charge is 2.43. The highest BCUT2D eigenvalue weighted by atomic mass is 19.1. The maximum Gasteiger partial charge on any atom is 0.255 e. The second-order valence-corrected chi connectivity index (χ2v) is 6.99. The van der Waals surface area contributed by atoms with E-state index in [0.717, 1.165) is 0 Å². The maximum absolute atomic E-state index is 14.7. The fourth-order valence-corrected chi connectivity index (χ4v) is 3.75. The number of piperazine rings is 1. The predicted octanol–water partition coefficient (Wildman–Crippen LogP) is 3.96. The van der Waals surface area contributed by atoms with Crippen LogP contribution in [0, 0.1) is 5.82 Å². The van der Waals surface area contributed by atoms with E-state index in [0.29, 0.717) is 22.7 Å². The fraction of sp³-hybridized carbons (Fsp3) is 0.167. The third-order valence-corrected chi connectivity index (χ3v) is 5.24. The Kier molecular flexibility index (Phi) is 5.58. The maximum atomic E-state index is 14.7. The molecule has 3 aromatic rings. The van der Waals surface area contributed by atoms with E-state index in [9.17, 15) is 14.0 Å². The number of methoxy groups -OCH3 is 2. The highest BCUT2D eigenvalue weighted by Crippen LogP contribution is 2.38. The summed E-state index contributed by atoms with van der Waals surface area (Å²) < 4.78 is 25.3. The van der Waals surface area contributed by atoms with E-state index >= 15 is 0 Å². The molecule has 0 aromatic heterocycles. The van der Waals surface area contributed by atoms with E-state index in [1.54, 1.807) is 67.8 Å². The lowest BCUT2D eigenvalue weighted by Gasteiger charge is -2.40. The number of amides is 2. The normalized spacial score (nSPS) is 16.4. The van der Waals surface area contributed by atoms with Crippen molar-refractivity contribution in [3.05, 3.63) is 84.2 Å². The number of carbonyl (C=O) groups is 2. The van der Waals surface area contributed by atoms with E-state index < -0.39 is 17.8 Å². The number of para-hydroxylation sites is 3. The van der Waals surface area contributed by atoms with Crippen LogP contribution in [0.5, 0.6) is 11.5 Å². The van der Waals surface area contributed by atoms with E-state index in [2.05, 4.69) is 0 Å². The minimum atomic E-state index is -1.05. The summed E-state index contributed by atoms with van der Waals surface area (Å²) >= 11 is 0. The fourth-order valence-electron chi connectivity index (χ4n) is 3.75. The first-order valence-corrected chi connectivity index (χ1v) is 9.70. The van der Waals surface area contributed by atoms with Crippen molar-refractivity contribution in [1.82, 2.24) is 0 Å². The van der Waals surface area contributed by atoms with Gasteiger partial charge in [-0.05, 0) is 42.0 Å². The Balaban J connectivity index is 1.84. The van der Waals surface area contributed by atoms with Crippen molar-refractivity contribution < 1.29 is 23.5 Å². The lowest BCUT2D eigenvalue weighted by molar-refractivity contribution is -0.128. The monoisotopic (exact) mass is 420 g/mol. The molecular formula is C24H21FN2O4. The number of anilines is 2. The number of ether oxygens (including phenoxy) is 2. The second-order valence-electron chi connectivity index (χ2n) is 6.99. The van der Waals surface area contributed by atoms with Gasteiger partial charge in [-0.2, -0.15) is 0 Å². The van der Waals surface area contributed by atoms with E-state index in [-0.39, 0.29) is 18.1 Å². The van der Waals surface area contributed by atoms with Crippen LogP contribution in [0.4, 0.5) is 15.8 Å². The third kappa shape index (κ3) is 3.70. The lowest BCUT2D eigenvalue weighted by Crippen LogP contribution is -2.56. The van der Waals surface area contributed by atoms with Gasteiger partial charge in [0.15, 0.2) is 0 Å². The van der Waals surface area contributed by atoms with Crippen LogP contribution in [0.25, 0.3) is 0 Å². The Hall–Kier alpha value is -3.87. The summed E-state index contributed by atoms with van der Waals surface area (Å²) in [5.41, 5.74) is 1.08. The molecule has 0 aliphatic carbocycles. The molecule has 7 heteroatoms. The molecule has 1 aliphatic heterocycles. The highest BCUT2D eigenvalue weighted by molar-refractivity contribution is 6.15. The molecule has 0 saturated carbocycles. The SMILES string of the molecule is COc1ccc([C@@H]2C(=O)N(c3ccccc3OC)CC(=O)N2c2ccccc2F)cc1. The molecule has 1 fully saturated rings. The molecular weight excluding hydrogens is 399 g/mol. The van der Waals surface area contributed by atoms with Crippen molar-refractivity contribution in [3.8, 4) is 11.5 Å². The molecule has 0 bridgehead atoms. The van der Waals surface area contributed by atoms with Gasteiger partial charge in [0.2, 0.25) is 5.91 Å². The number of hydrogen-bond donors (Lipinski definition) is 0. The van der Waals surface area contributed by atoms with Crippen molar-refractivity contribution in [2.75, 3.05) is 30.6 Å². The van der Waals surface area contributed by atoms with Crippen LogP contribution in [-0.4, -0.2) is 32.6 Å². The summed E-state index contributed by atoms with van der Waals surface area (Å²) in [6.45, 7) is -0.236. The van der Waals surface area contributed by atoms with Crippen molar-refractivity contribution in [1.29, 1.82) is 0 Å². The molecule has 1 saturated heterocycles. The number of hydrogen-bond acceptors (Lipinski definition) is 4. The molecule has 31 heavy (non-hydrogen) atoms. The Morgan fingerprint density at radius 1 is 0.839 bits per heavy atom. The topological polar surface area (TPSA) is 59.1 Å². The molecule has 0 radical (unpaired) electrons. The van der Waals surface area contributed by atoms with Crippen LogP contribution in [0.15, 0.2) is 72.8 Å². The first-order chi connectivity index (χ1) is 15.0. The summed E-state index contributed by atoms with van der Waals surface area (Å²) in [7, 11) is 3.04. The minimum Gasteiger partial charge on any atom is -0.497 e. The van der Waals surface area contributed by atoms with Gasteiger partial charge in [0.25, 0.3) is 5.91 Å². The summed E-state index contributed by atoms with van der Waals surface area (Å²) in [6, 6.07) is 18.7. The first-order valence-electron chi connectivity index (χ1n) is 9.70. The van der Waals surface area contributed by atoms with Crippen molar-refractivity contribution >= 4 is 23.2 Å². The average molecular weight is 420 g/mol. The lowest BCUT2D eigenvalue weighted by atomic mass is 9.99. The number of nitrogens with zero attached hydrogens (tertiary/aromatic N) is 2. The molecule has 0 unspecified atom stereocenters. The third-order valence-electron chi connectivity index (χ3n) is 5.24. The van der Waals surface area contributed by atoms with Gasteiger partial charge in [0, 0.05) is 0 Å². The molecule has 4 rings (SSSR count). The van der Waals surface area contributed by atoms with Crippen LogP contribution in [-0.2, 0) is 9.59 Å². The van der Waals surface area contributed by atoms with Gasteiger partial charge in [-0.3, -0.25) is 19.4 Å². The zero-order chi connectivity index (χ0) is 22.0. The van der Waals surface area contributed by atoms with Gasteiger partial charge in [-0.1, -0.05) is 36.4 Å². The van der Waals surface area contributed by atoms with Crippen LogP contribution in [0.2, 0.25) is 0 Å². The number of rotatable bonds is 5. The number of benzene rings is 3. The Morgan fingerprint density at radius 3 is 2.13 bits per heavy atom. The van der Waals surface area contributed by atoms with Crippen LogP contribution >= 0.6 is 0 Å². The molecule has 6 nitrogen and oxygen atoms in total. The average Bonchev–Trinajstić information content (AvgIpc) is 2.81. The van der Waals surface area contributed by atoms with Crippen LogP contribution < -0.4 is 19.3 Å². The van der Waals surface area contributed by atoms with Crippen molar-refractivity contribution in [2.45, 2.75) is 6.04 Å². The smallest absolute Gasteiger partial charge is 0.255 e. The van der Waals surface area contributed by atoms with E-state index in [4.69, 9.17) is 9.47 Å². The summed E-state index contributed by atoms with van der Waals surface area (Å²) in [6.07, 6.45) is 0. The van der Waals surface area contributed by atoms with Gasteiger partial charge in [-0.15, -0.1) is 0 Å². The van der Waals surface area contributed by atoms with Crippen molar-refractivity contribution in [2.24, 2.45) is 0 Å². The number of halogens is 1. The summed E-state index contributed by atoms with van der Waals surface area (Å²) in [5, 5.41) is 0. The quantitative estimate of drug-likeness (QED) is 0.627. The van der Waals surface area contributed by atoms with Gasteiger partial charge in [-0.25, -0.2) is 4.39 Å². The number of carbonyl (C=O) groups excluding carboxylic acids is 2. The molecule has 158 valence electrons. The van der Waals surface area contributed by atoms with Crippen LogP contribution in [0.3, 0.4) is 0 Å². The summed E-state index contributed by atoms with van der Waals surface area (Å²) in [4.78, 5) is 29.6. The van der Waals surface area contributed by atoms with Gasteiger partial charge in [0.05, 0.1) is 25.6 Å². The zero-order valence-electron chi connectivity index (χ0n) is 17.1. The van der Waals surface area contributed by atoms with E-state index in [1.165, 1.54) is 29.0 Å². The Bertz CT molecular complexity index is 1120.